The Morgan fingerprint density at radius 2 is 1.15 bits per heavy atom. The molecule has 3 aromatic carbocycles. The first kappa shape index (κ1) is 24.3. The van der Waals surface area contributed by atoms with Gasteiger partial charge in [0.25, 0.3) is 15.9 Å². The lowest BCUT2D eigenvalue weighted by atomic mass is 10.2. The van der Waals surface area contributed by atoms with E-state index in [1.165, 1.54) is 36.4 Å². The predicted octanol–water partition coefficient (Wildman–Crippen LogP) is 4.28. The molecule has 10 heteroatoms. The predicted molar refractivity (Wildman–Crippen MR) is 130 cm³/mol. The summed E-state index contributed by atoms with van der Waals surface area (Å²) < 4.78 is 53.3. The van der Waals surface area contributed by atoms with Gasteiger partial charge in [-0.25, -0.2) is 16.8 Å². The summed E-state index contributed by atoms with van der Waals surface area (Å²) in [6.45, 7) is 4.78. The molecule has 3 rings (SSSR count). The molecule has 0 aliphatic heterocycles. The van der Waals surface area contributed by atoms with Gasteiger partial charge in [-0.1, -0.05) is 18.2 Å². The molecule has 33 heavy (non-hydrogen) atoms. The van der Waals surface area contributed by atoms with Gasteiger partial charge < -0.3 is 5.32 Å². The van der Waals surface area contributed by atoms with E-state index in [2.05, 4.69) is 14.8 Å². The van der Waals surface area contributed by atoms with E-state index in [1.54, 1.807) is 63.2 Å². The van der Waals surface area contributed by atoms with E-state index in [4.69, 9.17) is 0 Å². The van der Waals surface area contributed by atoms with Crippen molar-refractivity contribution in [2.24, 2.45) is 0 Å². The van der Waals surface area contributed by atoms with Crippen LogP contribution in [0.2, 0.25) is 0 Å². The van der Waals surface area contributed by atoms with Crippen molar-refractivity contribution < 1.29 is 21.6 Å². The van der Waals surface area contributed by atoms with Gasteiger partial charge in [0, 0.05) is 22.6 Å². The highest BCUT2D eigenvalue weighted by atomic mass is 32.2. The highest BCUT2D eigenvalue weighted by Gasteiger charge is 2.28. The molecule has 0 radical (unpaired) electrons. The second kappa shape index (κ2) is 9.24. The van der Waals surface area contributed by atoms with Gasteiger partial charge >= 0.3 is 0 Å². The molecule has 1 amide bonds. The van der Waals surface area contributed by atoms with E-state index in [0.29, 0.717) is 22.6 Å². The largest absolute Gasteiger partial charge is 0.322 e. The number of hydrogen-bond acceptors (Lipinski definition) is 5. The van der Waals surface area contributed by atoms with Crippen LogP contribution in [0.3, 0.4) is 0 Å². The third-order valence-corrected chi connectivity index (χ3v) is 8.17. The first-order valence-corrected chi connectivity index (χ1v) is 13.0. The van der Waals surface area contributed by atoms with Crippen molar-refractivity contribution in [3.8, 4) is 0 Å². The summed E-state index contributed by atoms with van der Waals surface area (Å²) in [7, 11) is -7.27. The molecule has 0 aliphatic rings. The van der Waals surface area contributed by atoms with Gasteiger partial charge in [-0.2, -0.15) is 0 Å². The lowest BCUT2D eigenvalue weighted by Gasteiger charge is -2.20. The zero-order valence-corrected chi connectivity index (χ0v) is 20.0. The number of sulfonamides is 2. The molecule has 0 spiro atoms. The average Bonchev–Trinajstić information content (AvgIpc) is 2.75. The Kier molecular flexibility index (Phi) is 6.80. The van der Waals surface area contributed by atoms with Crippen molar-refractivity contribution in [1.29, 1.82) is 0 Å². The minimum atomic E-state index is -3.70. The van der Waals surface area contributed by atoms with Gasteiger partial charge in [0.05, 0.1) is 9.64 Å². The number of hydrogen-bond donors (Lipinski definition) is 3. The Bertz CT molecular complexity index is 1330. The quantitative estimate of drug-likeness (QED) is 0.459. The van der Waals surface area contributed by atoms with Crippen molar-refractivity contribution in [2.75, 3.05) is 14.8 Å². The van der Waals surface area contributed by atoms with E-state index in [1.807, 2.05) is 0 Å². The van der Waals surface area contributed by atoms with Crippen molar-refractivity contribution in [3.63, 3.8) is 0 Å². The smallest absolute Gasteiger partial charge is 0.261 e. The zero-order valence-electron chi connectivity index (χ0n) is 18.4. The van der Waals surface area contributed by atoms with Crippen molar-refractivity contribution in [1.82, 2.24) is 0 Å². The minimum Gasteiger partial charge on any atom is -0.322 e. The van der Waals surface area contributed by atoms with Crippen LogP contribution in [0.4, 0.5) is 17.1 Å². The Morgan fingerprint density at radius 1 is 0.667 bits per heavy atom. The minimum absolute atomic E-state index is 0.149. The van der Waals surface area contributed by atoms with Gasteiger partial charge in [-0.05, 0) is 81.4 Å². The van der Waals surface area contributed by atoms with Gasteiger partial charge in [0.1, 0.15) is 0 Å². The van der Waals surface area contributed by atoms with Crippen molar-refractivity contribution in [3.05, 3.63) is 84.4 Å². The maximum Gasteiger partial charge on any atom is 0.261 e. The number of carbonyl (C=O) groups is 1. The van der Waals surface area contributed by atoms with Crippen molar-refractivity contribution in [2.45, 2.75) is 30.4 Å². The molecule has 0 saturated carbocycles. The zero-order chi connectivity index (χ0) is 24.3. The number of anilines is 3. The standard InChI is InChI=1S/C23H25N3O5S2/c1-23(2,3)33(30,31)26-20-11-9-17(10-12-20)22(27)24-18-13-15-19(16-14-18)25-32(28,29)21-7-5-4-6-8-21/h4-16,25-26H,1-3H3,(H,24,27). The summed E-state index contributed by atoms with van der Waals surface area (Å²) in [6.07, 6.45) is 0. The van der Waals surface area contributed by atoms with Gasteiger partial charge in [-0.3, -0.25) is 14.2 Å². The normalized spacial score (nSPS) is 12.1. The molecule has 0 bridgehead atoms. The number of benzene rings is 3. The van der Waals surface area contributed by atoms with Crippen LogP contribution < -0.4 is 14.8 Å². The molecule has 0 unspecified atom stereocenters. The van der Waals surface area contributed by atoms with Crippen LogP contribution in [0.5, 0.6) is 0 Å². The number of carbonyl (C=O) groups excluding carboxylic acids is 1. The van der Waals surface area contributed by atoms with E-state index >= 15 is 0 Å². The highest BCUT2D eigenvalue weighted by molar-refractivity contribution is 7.94. The fraction of sp³-hybridized carbons (Fsp3) is 0.174. The molecule has 3 aromatic rings. The molecule has 0 aliphatic carbocycles. The fourth-order valence-electron chi connectivity index (χ4n) is 2.64. The van der Waals surface area contributed by atoms with Gasteiger partial charge in [0.15, 0.2) is 0 Å². The Hall–Kier alpha value is -3.37. The van der Waals surface area contributed by atoms with Crippen LogP contribution in [0, 0.1) is 0 Å². The summed E-state index contributed by atoms with van der Waals surface area (Å²) in [6, 6.07) is 20.3. The molecule has 0 saturated heterocycles. The van der Waals surface area contributed by atoms with E-state index in [0.717, 1.165) is 0 Å². The molecule has 0 fully saturated rings. The molecular weight excluding hydrogens is 462 g/mol. The topological polar surface area (TPSA) is 121 Å². The van der Waals surface area contributed by atoms with E-state index < -0.39 is 30.7 Å². The van der Waals surface area contributed by atoms with Crippen LogP contribution in [-0.4, -0.2) is 27.5 Å². The van der Waals surface area contributed by atoms with E-state index in [-0.39, 0.29) is 4.90 Å². The summed E-state index contributed by atoms with van der Waals surface area (Å²) in [4.78, 5) is 12.7. The lowest BCUT2D eigenvalue weighted by Crippen LogP contribution is -2.33. The summed E-state index contributed by atoms with van der Waals surface area (Å²) >= 11 is 0. The van der Waals surface area contributed by atoms with Crippen LogP contribution in [0.25, 0.3) is 0 Å². The second-order valence-corrected chi connectivity index (χ2v) is 12.4. The van der Waals surface area contributed by atoms with Crippen LogP contribution >= 0.6 is 0 Å². The molecular formula is C23H25N3O5S2. The third-order valence-electron chi connectivity index (χ3n) is 4.65. The SMILES string of the molecule is CC(C)(C)S(=O)(=O)Nc1ccc(C(=O)Nc2ccc(NS(=O)(=O)c3ccccc3)cc2)cc1. The number of rotatable bonds is 7. The van der Waals surface area contributed by atoms with E-state index in [9.17, 15) is 21.6 Å². The Labute approximate surface area is 194 Å². The van der Waals surface area contributed by atoms with Gasteiger partial charge in [-0.15, -0.1) is 0 Å². The molecule has 0 atom stereocenters. The maximum atomic E-state index is 12.5. The van der Waals surface area contributed by atoms with Crippen LogP contribution in [0.1, 0.15) is 31.1 Å². The Morgan fingerprint density at radius 3 is 1.70 bits per heavy atom. The van der Waals surface area contributed by atoms with Crippen molar-refractivity contribution >= 4 is 43.0 Å². The average molecular weight is 488 g/mol. The third kappa shape index (κ3) is 6.11. The van der Waals surface area contributed by atoms with Crippen LogP contribution in [-0.2, 0) is 20.0 Å². The first-order chi connectivity index (χ1) is 15.4. The molecule has 3 N–H and O–H groups in total. The second-order valence-electron chi connectivity index (χ2n) is 8.25. The molecule has 8 nitrogen and oxygen atoms in total. The fourth-order valence-corrected chi connectivity index (χ4v) is 4.47. The van der Waals surface area contributed by atoms with Crippen LogP contribution in [0.15, 0.2) is 83.8 Å². The van der Waals surface area contributed by atoms with Gasteiger partial charge in [0.2, 0.25) is 10.0 Å². The molecule has 0 aromatic heterocycles. The summed E-state index contributed by atoms with van der Waals surface area (Å²) in [5.41, 5.74) is 1.52. The highest BCUT2D eigenvalue weighted by Crippen LogP contribution is 2.21. The monoisotopic (exact) mass is 487 g/mol. The number of nitrogens with one attached hydrogen (secondary N) is 3. The lowest BCUT2D eigenvalue weighted by molar-refractivity contribution is 0.102. The first-order valence-electron chi connectivity index (χ1n) is 9.99. The molecule has 0 heterocycles. The summed E-state index contributed by atoms with van der Waals surface area (Å²) in [5, 5.41) is 2.72. The summed E-state index contributed by atoms with van der Waals surface area (Å²) in [5.74, 6) is -0.391. The molecule has 174 valence electrons. The maximum absolute atomic E-state index is 12.5. The Balaban J connectivity index is 1.64. The number of amides is 1.